The van der Waals surface area contributed by atoms with Gasteiger partial charge in [0, 0.05) is 14.2 Å². The van der Waals surface area contributed by atoms with Crippen LogP contribution in [0, 0.1) is 12.7 Å². The molecule has 0 saturated carbocycles. The lowest BCUT2D eigenvalue weighted by molar-refractivity contribution is -0.123. The van der Waals surface area contributed by atoms with Crippen molar-refractivity contribution in [1.29, 1.82) is 0 Å². The highest BCUT2D eigenvalue weighted by molar-refractivity contribution is 9.10. The van der Waals surface area contributed by atoms with E-state index < -0.39 is 0 Å². The second-order valence-corrected chi connectivity index (χ2v) is 6.23. The Kier molecular flexibility index (Phi) is 5.46. The van der Waals surface area contributed by atoms with Gasteiger partial charge in [0.25, 0.3) is 5.91 Å². The van der Waals surface area contributed by atoms with E-state index >= 15 is 0 Å². The number of ether oxygens (including phenoxy) is 1. The summed E-state index contributed by atoms with van der Waals surface area (Å²) in [6.07, 6.45) is 1.57. The molecule has 2 aromatic rings. The number of hydrogen-bond acceptors (Lipinski definition) is 4. The SMILES string of the molecule is Cc1sc(/C=N/NC(=O)COc2ccc(F)cc2)cc1Br. The molecule has 0 aliphatic carbocycles. The van der Waals surface area contributed by atoms with Crippen molar-refractivity contribution >= 4 is 39.4 Å². The van der Waals surface area contributed by atoms with E-state index in [1.807, 2.05) is 13.0 Å². The summed E-state index contributed by atoms with van der Waals surface area (Å²) in [4.78, 5) is 13.6. The van der Waals surface area contributed by atoms with Gasteiger partial charge in [-0.15, -0.1) is 11.3 Å². The summed E-state index contributed by atoms with van der Waals surface area (Å²) in [5.41, 5.74) is 2.36. The summed E-state index contributed by atoms with van der Waals surface area (Å²) >= 11 is 4.97. The fourth-order valence-corrected chi connectivity index (χ4v) is 2.86. The average Bonchev–Trinajstić information content (AvgIpc) is 2.77. The van der Waals surface area contributed by atoms with Crippen LogP contribution in [0.25, 0.3) is 0 Å². The van der Waals surface area contributed by atoms with E-state index in [1.165, 1.54) is 24.3 Å². The van der Waals surface area contributed by atoms with E-state index in [9.17, 15) is 9.18 Å². The summed E-state index contributed by atoms with van der Waals surface area (Å²) in [6, 6.07) is 7.37. The molecule has 0 aliphatic heterocycles. The number of nitrogens with one attached hydrogen (secondary N) is 1. The van der Waals surface area contributed by atoms with Crippen LogP contribution in [0.1, 0.15) is 9.75 Å². The molecule has 1 amide bonds. The summed E-state index contributed by atoms with van der Waals surface area (Å²) < 4.78 is 18.9. The zero-order valence-corrected chi connectivity index (χ0v) is 13.5. The molecule has 0 unspecified atom stereocenters. The maximum atomic E-state index is 12.7. The predicted molar refractivity (Wildman–Crippen MR) is 84.4 cm³/mol. The van der Waals surface area contributed by atoms with E-state index in [2.05, 4.69) is 26.5 Å². The second-order valence-electron chi connectivity index (χ2n) is 4.09. The third-order valence-electron chi connectivity index (χ3n) is 2.44. The first kappa shape index (κ1) is 15.7. The number of carbonyl (C=O) groups is 1. The minimum atomic E-state index is -0.386. The number of aryl methyl sites for hydroxylation is 1. The summed E-state index contributed by atoms with van der Waals surface area (Å²) in [5.74, 6) is -0.315. The Balaban J connectivity index is 1.78. The minimum absolute atomic E-state index is 0.184. The molecule has 7 heteroatoms. The smallest absolute Gasteiger partial charge is 0.277 e. The molecule has 0 saturated heterocycles. The zero-order chi connectivity index (χ0) is 15.2. The molecular weight excluding hydrogens is 359 g/mol. The van der Waals surface area contributed by atoms with E-state index in [-0.39, 0.29) is 18.3 Å². The highest BCUT2D eigenvalue weighted by Gasteiger charge is 2.03. The van der Waals surface area contributed by atoms with Crippen molar-refractivity contribution in [1.82, 2.24) is 5.43 Å². The molecule has 0 radical (unpaired) electrons. The van der Waals surface area contributed by atoms with Crippen LogP contribution in [-0.4, -0.2) is 18.7 Å². The molecule has 2 rings (SSSR count). The fourth-order valence-electron chi connectivity index (χ4n) is 1.43. The molecule has 0 atom stereocenters. The molecule has 0 spiro atoms. The molecule has 1 heterocycles. The van der Waals surface area contributed by atoms with E-state index in [4.69, 9.17) is 4.74 Å². The van der Waals surface area contributed by atoms with Crippen molar-refractivity contribution in [2.75, 3.05) is 6.61 Å². The Morgan fingerprint density at radius 2 is 2.19 bits per heavy atom. The Hall–Kier alpha value is -1.73. The van der Waals surface area contributed by atoms with Crippen LogP contribution < -0.4 is 10.2 Å². The largest absolute Gasteiger partial charge is 0.484 e. The maximum Gasteiger partial charge on any atom is 0.277 e. The molecule has 110 valence electrons. The van der Waals surface area contributed by atoms with Gasteiger partial charge in [-0.25, -0.2) is 9.82 Å². The van der Waals surface area contributed by atoms with Crippen LogP contribution in [0.3, 0.4) is 0 Å². The molecule has 21 heavy (non-hydrogen) atoms. The van der Waals surface area contributed by atoms with Crippen LogP contribution in [-0.2, 0) is 4.79 Å². The van der Waals surface area contributed by atoms with E-state index in [1.54, 1.807) is 17.6 Å². The van der Waals surface area contributed by atoms with E-state index in [0.29, 0.717) is 5.75 Å². The lowest BCUT2D eigenvalue weighted by Crippen LogP contribution is -2.24. The number of hydrazone groups is 1. The molecule has 1 aromatic heterocycles. The average molecular weight is 371 g/mol. The van der Waals surface area contributed by atoms with Crippen LogP contribution in [0.4, 0.5) is 4.39 Å². The third kappa shape index (κ3) is 4.95. The molecule has 0 aliphatic rings. The molecule has 4 nitrogen and oxygen atoms in total. The summed E-state index contributed by atoms with van der Waals surface area (Å²) in [5, 5.41) is 3.85. The molecule has 1 N–H and O–H groups in total. The first-order valence-corrected chi connectivity index (χ1v) is 7.62. The van der Waals surface area contributed by atoms with Crippen molar-refractivity contribution in [3.05, 3.63) is 50.4 Å². The number of thiophene rings is 1. The highest BCUT2D eigenvalue weighted by atomic mass is 79.9. The fraction of sp³-hybridized carbons (Fsp3) is 0.143. The van der Waals surface area contributed by atoms with Crippen LogP contribution in [0.15, 0.2) is 39.9 Å². The van der Waals surface area contributed by atoms with Gasteiger partial charge in [-0.1, -0.05) is 0 Å². The lowest BCUT2D eigenvalue weighted by atomic mass is 10.3. The Bertz CT molecular complexity index is 636. The van der Waals surface area contributed by atoms with Gasteiger partial charge in [0.1, 0.15) is 11.6 Å². The van der Waals surface area contributed by atoms with Gasteiger partial charge in [-0.3, -0.25) is 4.79 Å². The third-order valence-corrected chi connectivity index (χ3v) is 4.51. The second kappa shape index (κ2) is 7.33. The van der Waals surface area contributed by atoms with Gasteiger partial charge in [-0.05, 0) is 53.2 Å². The number of nitrogens with zero attached hydrogens (tertiary/aromatic N) is 1. The topological polar surface area (TPSA) is 50.7 Å². The van der Waals surface area contributed by atoms with Crippen molar-refractivity contribution in [3.8, 4) is 5.75 Å². The predicted octanol–water partition coefficient (Wildman–Crippen LogP) is 3.49. The molecule has 0 bridgehead atoms. The molecule has 0 fully saturated rings. The van der Waals surface area contributed by atoms with Crippen LogP contribution in [0.2, 0.25) is 0 Å². The van der Waals surface area contributed by atoms with Crippen molar-refractivity contribution < 1.29 is 13.9 Å². The van der Waals surface area contributed by atoms with Gasteiger partial charge in [0.2, 0.25) is 0 Å². The first-order chi connectivity index (χ1) is 10.0. The van der Waals surface area contributed by atoms with Crippen molar-refractivity contribution in [3.63, 3.8) is 0 Å². The highest BCUT2D eigenvalue weighted by Crippen LogP contribution is 2.24. The van der Waals surface area contributed by atoms with Crippen LogP contribution in [0.5, 0.6) is 5.75 Å². The number of halogens is 2. The van der Waals surface area contributed by atoms with Crippen molar-refractivity contribution in [2.45, 2.75) is 6.92 Å². The number of amides is 1. The van der Waals surface area contributed by atoms with Gasteiger partial charge >= 0.3 is 0 Å². The minimum Gasteiger partial charge on any atom is -0.484 e. The number of rotatable bonds is 5. The standard InChI is InChI=1S/C14H12BrFN2O2S/c1-9-13(15)6-12(21-9)7-17-18-14(19)8-20-11-4-2-10(16)3-5-11/h2-7H,8H2,1H3,(H,18,19)/b17-7+. The van der Waals surface area contributed by atoms with Gasteiger partial charge in [0.05, 0.1) is 6.21 Å². The summed E-state index contributed by atoms with van der Waals surface area (Å²) in [7, 11) is 0. The lowest BCUT2D eigenvalue weighted by Gasteiger charge is -2.04. The maximum absolute atomic E-state index is 12.7. The number of benzene rings is 1. The zero-order valence-electron chi connectivity index (χ0n) is 11.1. The summed E-state index contributed by atoms with van der Waals surface area (Å²) in [6.45, 7) is 1.80. The number of carbonyl (C=O) groups excluding carboxylic acids is 1. The first-order valence-electron chi connectivity index (χ1n) is 6.01. The Labute approximate surface area is 133 Å². The van der Waals surface area contributed by atoms with E-state index in [0.717, 1.165) is 14.2 Å². The van der Waals surface area contributed by atoms with Crippen LogP contribution >= 0.6 is 27.3 Å². The van der Waals surface area contributed by atoms with Gasteiger partial charge in [0.15, 0.2) is 6.61 Å². The van der Waals surface area contributed by atoms with Crippen molar-refractivity contribution in [2.24, 2.45) is 5.10 Å². The van der Waals surface area contributed by atoms with Gasteiger partial charge in [-0.2, -0.15) is 5.10 Å². The Morgan fingerprint density at radius 3 is 2.81 bits per heavy atom. The molecule has 1 aromatic carbocycles. The Morgan fingerprint density at radius 1 is 1.48 bits per heavy atom. The van der Waals surface area contributed by atoms with Gasteiger partial charge < -0.3 is 4.74 Å². The quantitative estimate of drug-likeness (QED) is 0.646. The number of hydrogen-bond donors (Lipinski definition) is 1. The molecular formula is C14H12BrFN2O2S. The normalized spacial score (nSPS) is 10.8. The monoisotopic (exact) mass is 370 g/mol.